The number of anilines is 1. The van der Waals surface area contributed by atoms with Gasteiger partial charge >= 0.3 is 0 Å². The third-order valence-corrected chi connectivity index (χ3v) is 8.65. The normalized spacial score (nSPS) is 13.0. The van der Waals surface area contributed by atoms with Crippen molar-refractivity contribution in [2.45, 2.75) is 111 Å². The number of allylic oxidation sites excluding steroid dienone is 1. The second kappa shape index (κ2) is 18.9. The summed E-state index contributed by atoms with van der Waals surface area (Å²) in [5, 5.41) is 0. The van der Waals surface area contributed by atoms with Crippen molar-refractivity contribution in [3.05, 3.63) is 70.8 Å². The lowest BCUT2D eigenvalue weighted by Gasteiger charge is -2.23. The molecule has 0 spiro atoms. The average Bonchev–Trinajstić information content (AvgIpc) is 3.36. The molecule has 1 heterocycles. The minimum Gasteiger partial charge on any atom is -0.494 e. The Morgan fingerprint density at radius 2 is 1.52 bits per heavy atom. The van der Waals surface area contributed by atoms with Crippen molar-refractivity contribution in [1.29, 1.82) is 0 Å². The highest BCUT2D eigenvalue weighted by Crippen LogP contribution is 2.27. The Bertz CT molecular complexity index is 1020. The molecule has 0 radical (unpaired) electrons. The highest BCUT2D eigenvalue weighted by Gasteiger charge is 2.14. The summed E-state index contributed by atoms with van der Waals surface area (Å²) in [5.41, 5.74) is 3.42. The average molecular weight is 565 g/mol. The number of amides is 1. The quantitative estimate of drug-likeness (QED) is 0.150. The van der Waals surface area contributed by atoms with Crippen LogP contribution in [0.2, 0.25) is 0 Å². The number of benzene rings is 2. The van der Waals surface area contributed by atoms with E-state index in [4.69, 9.17) is 4.74 Å². The first kappa shape index (κ1) is 32.1. The first-order valence-corrected chi connectivity index (χ1v) is 16.7. The van der Waals surface area contributed by atoms with E-state index >= 15 is 0 Å². The maximum Gasteiger partial charge on any atom is 0.223 e. The molecule has 0 saturated heterocycles. The van der Waals surface area contributed by atoms with Gasteiger partial charge in [-0.15, -0.1) is 11.8 Å². The van der Waals surface area contributed by atoms with Gasteiger partial charge < -0.3 is 14.5 Å². The van der Waals surface area contributed by atoms with E-state index in [9.17, 15) is 4.79 Å². The monoisotopic (exact) mass is 564 g/mol. The molecule has 1 aliphatic rings. The Balaban J connectivity index is 1.31. The molecule has 2 aromatic carbocycles. The van der Waals surface area contributed by atoms with Gasteiger partial charge in [-0.3, -0.25) is 4.79 Å². The molecular formula is C35H52N2O2S. The van der Waals surface area contributed by atoms with Gasteiger partial charge in [0.2, 0.25) is 5.91 Å². The van der Waals surface area contributed by atoms with Crippen LogP contribution in [0.5, 0.6) is 5.75 Å². The molecule has 40 heavy (non-hydrogen) atoms. The predicted octanol–water partition coefficient (Wildman–Crippen LogP) is 9.73. The van der Waals surface area contributed by atoms with Crippen molar-refractivity contribution in [3.63, 3.8) is 0 Å². The Morgan fingerprint density at radius 3 is 2.12 bits per heavy atom. The molecule has 3 rings (SSSR count). The predicted molar refractivity (Wildman–Crippen MR) is 173 cm³/mol. The molecule has 0 bridgehead atoms. The Hall–Kier alpha value is -2.40. The largest absolute Gasteiger partial charge is 0.494 e. The highest BCUT2D eigenvalue weighted by atomic mass is 32.2. The number of unbranched alkanes of at least 4 members (excludes halogenated alkanes) is 11. The van der Waals surface area contributed by atoms with E-state index in [1.54, 1.807) is 6.92 Å². The second-order valence-electron chi connectivity index (χ2n) is 11.2. The molecule has 0 N–H and O–H groups in total. The van der Waals surface area contributed by atoms with Crippen LogP contribution in [0.15, 0.2) is 59.6 Å². The van der Waals surface area contributed by atoms with Gasteiger partial charge in [0.25, 0.3) is 0 Å². The number of hydrogen-bond acceptors (Lipinski definition) is 4. The summed E-state index contributed by atoms with van der Waals surface area (Å²) in [6.07, 6.45) is 19.3. The summed E-state index contributed by atoms with van der Waals surface area (Å²) in [4.78, 5) is 18.1. The molecule has 0 aliphatic carbocycles. The van der Waals surface area contributed by atoms with Gasteiger partial charge in [-0.1, -0.05) is 102 Å². The standard InChI is InChI=1S/C35H52N2O2S/c1-4-5-6-7-8-9-10-11-12-13-14-15-25-39-35-21-19-32(20-22-35)23-24-37(31(3)38)34-18-16-17-33(26-34)28-36-27-30(2)40-29-36/h16-22,26-27H,4-15,23-25,28-29H2,1-3H3. The molecule has 0 atom stereocenters. The summed E-state index contributed by atoms with van der Waals surface area (Å²) in [7, 11) is 0. The van der Waals surface area contributed by atoms with Crippen LogP contribution in [-0.2, 0) is 17.8 Å². The van der Waals surface area contributed by atoms with E-state index in [0.29, 0.717) is 6.54 Å². The lowest BCUT2D eigenvalue weighted by Crippen LogP contribution is -2.30. The molecular weight excluding hydrogens is 512 g/mol. The first-order valence-electron chi connectivity index (χ1n) is 15.7. The summed E-state index contributed by atoms with van der Waals surface area (Å²) < 4.78 is 5.99. The number of nitrogens with zero attached hydrogens (tertiary/aromatic N) is 2. The van der Waals surface area contributed by atoms with Crippen molar-refractivity contribution in [2.24, 2.45) is 0 Å². The number of rotatable bonds is 20. The molecule has 220 valence electrons. The van der Waals surface area contributed by atoms with Crippen molar-refractivity contribution in [2.75, 3.05) is 23.9 Å². The van der Waals surface area contributed by atoms with Crippen molar-refractivity contribution in [1.82, 2.24) is 4.90 Å². The molecule has 5 heteroatoms. The minimum atomic E-state index is 0.0759. The summed E-state index contributed by atoms with van der Waals surface area (Å²) in [6.45, 7) is 8.40. The molecule has 0 aromatic heterocycles. The first-order chi connectivity index (χ1) is 19.5. The zero-order valence-corrected chi connectivity index (χ0v) is 26.2. The second-order valence-corrected chi connectivity index (χ2v) is 12.4. The van der Waals surface area contributed by atoms with E-state index < -0.39 is 0 Å². The summed E-state index contributed by atoms with van der Waals surface area (Å²) >= 11 is 1.87. The van der Waals surface area contributed by atoms with Crippen LogP contribution in [-0.4, -0.2) is 29.8 Å². The fourth-order valence-electron chi connectivity index (χ4n) is 5.26. The molecule has 0 unspecified atom stereocenters. The van der Waals surface area contributed by atoms with Gasteiger partial charge in [0.05, 0.1) is 12.5 Å². The lowest BCUT2D eigenvalue weighted by molar-refractivity contribution is -0.116. The van der Waals surface area contributed by atoms with Crippen molar-refractivity contribution < 1.29 is 9.53 Å². The highest BCUT2D eigenvalue weighted by molar-refractivity contribution is 8.03. The zero-order chi connectivity index (χ0) is 28.4. The van der Waals surface area contributed by atoms with E-state index in [0.717, 1.165) is 43.3 Å². The molecule has 1 aliphatic heterocycles. The zero-order valence-electron chi connectivity index (χ0n) is 25.3. The maximum absolute atomic E-state index is 12.5. The lowest BCUT2D eigenvalue weighted by atomic mass is 10.1. The maximum atomic E-state index is 12.5. The number of thioether (sulfide) groups is 1. The number of ether oxygens (including phenoxy) is 1. The summed E-state index contributed by atoms with van der Waals surface area (Å²) in [6, 6.07) is 16.8. The third-order valence-electron chi connectivity index (χ3n) is 7.62. The molecule has 4 nitrogen and oxygen atoms in total. The molecule has 0 fully saturated rings. The molecule has 1 amide bonds. The Kier molecular flexibility index (Phi) is 15.1. The van der Waals surface area contributed by atoms with Crippen LogP contribution in [0, 0.1) is 0 Å². The summed E-state index contributed by atoms with van der Waals surface area (Å²) in [5.74, 6) is 2.00. The Morgan fingerprint density at radius 1 is 0.875 bits per heavy atom. The van der Waals surface area contributed by atoms with Crippen LogP contribution < -0.4 is 9.64 Å². The smallest absolute Gasteiger partial charge is 0.223 e. The van der Waals surface area contributed by atoms with E-state index in [1.807, 2.05) is 22.7 Å². The number of carbonyl (C=O) groups excluding carboxylic acids is 1. The SMILES string of the molecule is CCCCCCCCCCCCCCOc1ccc(CCN(C(C)=O)c2cccc(CN3C=C(C)SC3)c2)cc1. The van der Waals surface area contributed by atoms with Crippen LogP contribution in [0.25, 0.3) is 0 Å². The minimum absolute atomic E-state index is 0.0759. The van der Waals surface area contributed by atoms with Gasteiger partial charge in [0.1, 0.15) is 5.75 Å². The van der Waals surface area contributed by atoms with Gasteiger partial charge in [-0.2, -0.15) is 0 Å². The van der Waals surface area contributed by atoms with Crippen molar-refractivity contribution >= 4 is 23.4 Å². The Labute approximate surface area is 248 Å². The fourth-order valence-corrected chi connectivity index (χ4v) is 6.02. The number of carbonyl (C=O) groups is 1. The topological polar surface area (TPSA) is 32.8 Å². The van der Waals surface area contributed by atoms with Crippen molar-refractivity contribution in [3.8, 4) is 5.75 Å². The van der Waals surface area contributed by atoms with E-state index in [-0.39, 0.29) is 5.91 Å². The third kappa shape index (κ3) is 12.4. The van der Waals surface area contributed by atoms with Gasteiger partial charge in [0, 0.05) is 31.9 Å². The van der Waals surface area contributed by atoms with Crippen LogP contribution in [0.1, 0.15) is 109 Å². The van der Waals surface area contributed by atoms with Crippen LogP contribution in [0.3, 0.4) is 0 Å². The van der Waals surface area contributed by atoms with E-state index in [1.165, 1.54) is 86.7 Å². The molecule has 2 aromatic rings. The van der Waals surface area contributed by atoms with Gasteiger partial charge in [-0.05, 0) is 60.1 Å². The fraction of sp³-hybridized carbons (Fsp3) is 0.571. The van der Waals surface area contributed by atoms with Gasteiger partial charge in [0.15, 0.2) is 0 Å². The molecule has 0 saturated carbocycles. The number of hydrogen-bond donors (Lipinski definition) is 0. The van der Waals surface area contributed by atoms with E-state index in [2.05, 4.69) is 67.4 Å². The van der Waals surface area contributed by atoms with Gasteiger partial charge in [-0.25, -0.2) is 0 Å². The van der Waals surface area contributed by atoms with Crippen LogP contribution >= 0.6 is 11.8 Å². The van der Waals surface area contributed by atoms with Crippen LogP contribution in [0.4, 0.5) is 5.69 Å².